The smallest absolute Gasteiger partial charge is 0.126 e. The van der Waals surface area contributed by atoms with Gasteiger partial charge in [-0.25, -0.2) is 0 Å². The Kier molecular flexibility index (Phi) is 4.39. The largest absolute Gasteiger partial charge is 0.496 e. The normalized spacial score (nSPS) is 27.1. The summed E-state index contributed by atoms with van der Waals surface area (Å²) >= 11 is 0. The van der Waals surface area contributed by atoms with Gasteiger partial charge >= 0.3 is 0 Å². The Morgan fingerprint density at radius 3 is 2.67 bits per heavy atom. The number of aliphatic hydroxyl groups excluding tert-OH is 1. The van der Waals surface area contributed by atoms with Crippen LogP contribution in [0.25, 0.3) is 0 Å². The maximum Gasteiger partial charge on any atom is 0.126 e. The highest BCUT2D eigenvalue weighted by Crippen LogP contribution is 2.41. The number of ether oxygens (including phenoxy) is 1. The molecule has 1 N–H and O–H groups in total. The van der Waals surface area contributed by atoms with Gasteiger partial charge in [0.1, 0.15) is 5.75 Å². The first-order valence-corrected chi connectivity index (χ1v) is 8.30. The van der Waals surface area contributed by atoms with Gasteiger partial charge < -0.3 is 14.7 Å². The first-order chi connectivity index (χ1) is 10.2. The van der Waals surface area contributed by atoms with Crippen molar-refractivity contribution in [3.8, 4) is 5.75 Å². The molecule has 0 aromatic heterocycles. The molecule has 2 unspecified atom stereocenters. The highest BCUT2D eigenvalue weighted by Gasteiger charge is 2.32. The van der Waals surface area contributed by atoms with Crippen LogP contribution in [0.15, 0.2) is 18.2 Å². The molecule has 0 bridgehead atoms. The van der Waals surface area contributed by atoms with Crippen molar-refractivity contribution in [3.63, 3.8) is 0 Å². The van der Waals surface area contributed by atoms with Crippen molar-refractivity contribution in [3.05, 3.63) is 23.8 Å². The molecule has 3 atom stereocenters. The zero-order valence-corrected chi connectivity index (χ0v) is 13.2. The molecule has 3 heteroatoms. The van der Waals surface area contributed by atoms with Crippen LogP contribution < -0.4 is 9.64 Å². The summed E-state index contributed by atoms with van der Waals surface area (Å²) in [5.41, 5.74) is 2.10. The maximum absolute atomic E-state index is 10.2. The molecule has 0 spiro atoms. The minimum Gasteiger partial charge on any atom is -0.496 e. The molecule has 1 aliphatic heterocycles. The van der Waals surface area contributed by atoms with E-state index in [1.54, 1.807) is 7.11 Å². The Hall–Kier alpha value is -1.22. The lowest BCUT2D eigenvalue weighted by atomic mass is 9.75. The van der Waals surface area contributed by atoms with Crippen molar-refractivity contribution < 1.29 is 9.84 Å². The van der Waals surface area contributed by atoms with Crippen molar-refractivity contribution in [1.82, 2.24) is 0 Å². The van der Waals surface area contributed by atoms with Crippen molar-refractivity contribution in [2.24, 2.45) is 11.8 Å². The van der Waals surface area contributed by atoms with Crippen LogP contribution in [0.1, 0.15) is 50.7 Å². The second-order valence-electron chi connectivity index (χ2n) is 6.61. The van der Waals surface area contributed by atoms with Crippen LogP contribution >= 0.6 is 0 Å². The first kappa shape index (κ1) is 14.7. The van der Waals surface area contributed by atoms with E-state index in [0.29, 0.717) is 0 Å². The molecular formula is C18H27NO2. The highest BCUT2D eigenvalue weighted by atomic mass is 16.5. The van der Waals surface area contributed by atoms with Gasteiger partial charge in [-0.2, -0.15) is 0 Å². The van der Waals surface area contributed by atoms with E-state index in [9.17, 15) is 5.11 Å². The summed E-state index contributed by atoms with van der Waals surface area (Å²) in [6, 6.07) is 6.11. The van der Waals surface area contributed by atoms with Crippen LogP contribution in [0.4, 0.5) is 5.69 Å². The third kappa shape index (κ3) is 2.89. The van der Waals surface area contributed by atoms with Gasteiger partial charge in [-0.3, -0.25) is 0 Å². The fraction of sp³-hybridized carbons (Fsp3) is 0.667. The van der Waals surface area contributed by atoms with Gasteiger partial charge in [0.05, 0.1) is 13.2 Å². The Labute approximate surface area is 127 Å². The molecule has 3 nitrogen and oxygen atoms in total. The Morgan fingerprint density at radius 2 is 1.95 bits per heavy atom. The maximum atomic E-state index is 10.2. The summed E-state index contributed by atoms with van der Waals surface area (Å²) in [7, 11) is 1.68. The number of hydrogen-bond acceptors (Lipinski definition) is 3. The second kappa shape index (κ2) is 6.27. The lowest BCUT2D eigenvalue weighted by molar-refractivity contribution is 0.190. The average Bonchev–Trinajstić information content (AvgIpc) is 2.53. The van der Waals surface area contributed by atoms with Gasteiger partial charge in [0, 0.05) is 24.3 Å². The standard InChI is InChI=1S/C18H27NO2/c1-13(20)18-16(8-5-9-17(18)21-2)19-11-10-14-6-3-4-7-15(14)12-19/h5,8-9,13-15,20H,3-4,6-7,10-12H2,1-2H3/t13-,14?,15?/m0/s1. The fourth-order valence-corrected chi connectivity index (χ4v) is 4.23. The highest BCUT2D eigenvalue weighted by molar-refractivity contribution is 5.60. The van der Waals surface area contributed by atoms with Gasteiger partial charge in [0.15, 0.2) is 0 Å². The zero-order chi connectivity index (χ0) is 14.8. The lowest BCUT2D eigenvalue weighted by Gasteiger charge is -2.43. The molecule has 1 saturated carbocycles. The van der Waals surface area contributed by atoms with Crippen LogP contribution in [0.3, 0.4) is 0 Å². The molecule has 1 aromatic carbocycles. The predicted octanol–water partition coefficient (Wildman–Crippen LogP) is 3.77. The fourth-order valence-electron chi connectivity index (χ4n) is 4.23. The summed E-state index contributed by atoms with van der Waals surface area (Å²) in [6.45, 7) is 4.07. The number of fused-ring (bicyclic) bond motifs is 1. The van der Waals surface area contributed by atoms with Crippen LogP contribution in [-0.4, -0.2) is 25.3 Å². The van der Waals surface area contributed by atoms with E-state index in [-0.39, 0.29) is 0 Å². The number of nitrogens with zero attached hydrogens (tertiary/aromatic N) is 1. The zero-order valence-electron chi connectivity index (χ0n) is 13.2. The molecule has 1 aromatic rings. The molecule has 21 heavy (non-hydrogen) atoms. The third-order valence-corrected chi connectivity index (χ3v) is 5.31. The topological polar surface area (TPSA) is 32.7 Å². The van der Waals surface area contributed by atoms with E-state index in [4.69, 9.17) is 4.74 Å². The molecule has 116 valence electrons. The quantitative estimate of drug-likeness (QED) is 0.919. The van der Waals surface area contributed by atoms with Gasteiger partial charge in [0.25, 0.3) is 0 Å². The molecular weight excluding hydrogens is 262 g/mol. The van der Waals surface area contributed by atoms with E-state index in [2.05, 4.69) is 11.0 Å². The monoisotopic (exact) mass is 289 g/mol. The predicted molar refractivity (Wildman–Crippen MR) is 85.9 cm³/mol. The van der Waals surface area contributed by atoms with Crippen molar-refractivity contribution >= 4 is 5.69 Å². The number of methoxy groups -OCH3 is 1. The van der Waals surface area contributed by atoms with Crippen LogP contribution in [0.2, 0.25) is 0 Å². The molecule has 2 aliphatic rings. The number of aliphatic hydroxyl groups is 1. The van der Waals surface area contributed by atoms with E-state index >= 15 is 0 Å². The summed E-state index contributed by atoms with van der Waals surface area (Å²) in [6.07, 6.45) is 6.38. The second-order valence-corrected chi connectivity index (χ2v) is 6.61. The Morgan fingerprint density at radius 1 is 1.19 bits per heavy atom. The molecule has 1 saturated heterocycles. The van der Waals surface area contributed by atoms with Gasteiger partial charge in [-0.05, 0) is 43.7 Å². The summed E-state index contributed by atoms with van der Waals surface area (Å²) in [5, 5.41) is 10.2. The summed E-state index contributed by atoms with van der Waals surface area (Å²) in [5.74, 6) is 2.56. The van der Waals surface area contributed by atoms with Crippen LogP contribution in [-0.2, 0) is 0 Å². The molecule has 3 rings (SSSR count). The molecule has 1 aliphatic carbocycles. The van der Waals surface area contributed by atoms with E-state index in [1.807, 2.05) is 19.1 Å². The minimum atomic E-state index is -0.500. The third-order valence-electron chi connectivity index (χ3n) is 5.31. The first-order valence-electron chi connectivity index (χ1n) is 8.30. The lowest BCUT2D eigenvalue weighted by Crippen LogP contribution is -2.42. The van der Waals surface area contributed by atoms with Crippen molar-refractivity contribution in [1.29, 1.82) is 0 Å². The number of hydrogen-bond donors (Lipinski definition) is 1. The number of benzene rings is 1. The van der Waals surface area contributed by atoms with Crippen molar-refractivity contribution in [2.75, 3.05) is 25.1 Å². The average molecular weight is 289 g/mol. The van der Waals surface area contributed by atoms with E-state index in [1.165, 1.54) is 32.1 Å². The SMILES string of the molecule is COc1cccc(N2CCC3CCCCC3C2)c1[C@H](C)O. The summed E-state index contributed by atoms with van der Waals surface area (Å²) < 4.78 is 5.46. The molecule has 1 heterocycles. The minimum absolute atomic E-state index is 0.500. The van der Waals surface area contributed by atoms with E-state index in [0.717, 1.165) is 41.9 Å². The van der Waals surface area contributed by atoms with Crippen LogP contribution in [0.5, 0.6) is 5.75 Å². The van der Waals surface area contributed by atoms with Gasteiger partial charge in [0.2, 0.25) is 0 Å². The van der Waals surface area contributed by atoms with Crippen molar-refractivity contribution in [2.45, 2.75) is 45.1 Å². The number of anilines is 1. The van der Waals surface area contributed by atoms with Gasteiger partial charge in [-0.1, -0.05) is 25.3 Å². The summed E-state index contributed by atoms with van der Waals surface area (Å²) in [4.78, 5) is 2.47. The Bertz CT molecular complexity index is 486. The van der Waals surface area contributed by atoms with E-state index < -0.39 is 6.10 Å². The molecule has 0 radical (unpaired) electrons. The number of piperidine rings is 1. The van der Waals surface area contributed by atoms with Crippen LogP contribution in [0, 0.1) is 11.8 Å². The van der Waals surface area contributed by atoms with Gasteiger partial charge in [-0.15, -0.1) is 0 Å². The Balaban J connectivity index is 1.86. The number of rotatable bonds is 3. The molecule has 2 fully saturated rings. The molecule has 0 amide bonds.